The summed E-state index contributed by atoms with van der Waals surface area (Å²) in [6.45, 7) is 9.10. The van der Waals surface area contributed by atoms with Crippen molar-refractivity contribution in [3.63, 3.8) is 0 Å². The van der Waals surface area contributed by atoms with Crippen molar-refractivity contribution in [2.24, 2.45) is 0 Å². The molecule has 0 aliphatic rings. The molecule has 5 nitrogen and oxygen atoms in total. The van der Waals surface area contributed by atoms with Crippen LogP contribution >= 0.6 is 15.0 Å². The average molecular weight is 338 g/mol. The molecule has 2 unspecified atom stereocenters. The highest BCUT2D eigenvalue weighted by molar-refractivity contribution is 7.74. The van der Waals surface area contributed by atoms with Crippen LogP contribution in [0.3, 0.4) is 0 Å². The number of rotatable bonds is 9. The third kappa shape index (κ3) is 8.75. The van der Waals surface area contributed by atoms with Gasteiger partial charge in [0.2, 0.25) is 7.37 Å². The molecule has 0 fully saturated rings. The second-order valence-electron chi connectivity index (χ2n) is 5.50. The van der Waals surface area contributed by atoms with Crippen molar-refractivity contribution >= 4 is 15.0 Å². The van der Waals surface area contributed by atoms with E-state index in [-0.39, 0.29) is 13.0 Å². The molecule has 7 heteroatoms. The Kier molecular flexibility index (Phi) is 8.99. The van der Waals surface area contributed by atoms with E-state index < -0.39 is 20.4 Å². The van der Waals surface area contributed by atoms with Crippen LogP contribution in [0.2, 0.25) is 0 Å². The van der Waals surface area contributed by atoms with E-state index in [9.17, 15) is 18.9 Å². The topological polar surface area (TPSA) is 83.8 Å². The van der Waals surface area contributed by atoms with E-state index in [4.69, 9.17) is 4.52 Å². The van der Waals surface area contributed by atoms with E-state index in [1.54, 1.807) is 13.0 Å². The molecule has 0 saturated heterocycles. The fourth-order valence-corrected chi connectivity index (χ4v) is 5.88. The zero-order valence-electron chi connectivity index (χ0n) is 13.6. The van der Waals surface area contributed by atoms with Gasteiger partial charge >= 0.3 is 7.60 Å². The second-order valence-corrected chi connectivity index (χ2v) is 10.4. The molecule has 0 spiro atoms. The molecule has 0 radical (unpaired) electrons. The van der Waals surface area contributed by atoms with Crippen LogP contribution in [-0.2, 0) is 13.7 Å². The Balaban J connectivity index is 4.89. The fourth-order valence-electron chi connectivity index (χ4n) is 1.94. The molecule has 0 bridgehead atoms. The molecule has 0 saturated carbocycles. The largest absolute Gasteiger partial charge is 0.338 e. The minimum Gasteiger partial charge on any atom is -0.328 e. The van der Waals surface area contributed by atoms with Crippen LogP contribution < -0.4 is 0 Å². The van der Waals surface area contributed by atoms with Crippen LogP contribution in [0.1, 0.15) is 47.0 Å². The smallest absolute Gasteiger partial charge is 0.328 e. The van der Waals surface area contributed by atoms with Crippen LogP contribution in [-0.4, -0.2) is 28.5 Å². The van der Waals surface area contributed by atoms with Crippen LogP contribution in [0.4, 0.5) is 0 Å². The molecular weight excluding hydrogens is 310 g/mol. The monoisotopic (exact) mass is 338 g/mol. The van der Waals surface area contributed by atoms with Gasteiger partial charge in [0, 0.05) is 6.66 Å². The van der Waals surface area contributed by atoms with E-state index in [1.807, 2.05) is 20.8 Å². The highest BCUT2D eigenvalue weighted by atomic mass is 31.2. The van der Waals surface area contributed by atoms with Crippen LogP contribution in [0.5, 0.6) is 0 Å². The standard InChI is InChI=1S/C14H28O5P2/c1-6-19-20(5,15)14(21(16,17)18)11-10-13(4)9-7-8-12(2)3/h8,10,14H,6-7,9,11H2,1-5H3,(H2,16,17,18). The van der Waals surface area contributed by atoms with Crippen LogP contribution in [0.15, 0.2) is 23.3 Å². The molecule has 2 N–H and O–H groups in total. The molecule has 0 aromatic rings. The predicted octanol–water partition coefficient (Wildman–Crippen LogP) is 4.52. The lowest BCUT2D eigenvalue weighted by Crippen LogP contribution is -2.10. The lowest BCUT2D eigenvalue weighted by atomic mass is 10.1. The van der Waals surface area contributed by atoms with Gasteiger partial charge in [-0.25, -0.2) is 0 Å². The van der Waals surface area contributed by atoms with Crippen LogP contribution in [0, 0.1) is 0 Å². The van der Waals surface area contributed by atoms with Gasteiger partial charge in [0.1, 0.15) is 5.40 Å². The van der Waals surface area contributed by atoms with E-state index >= 15 is 0 Å². The van der Waals surface area contributed by atoms with Gasteiger partial charge in [0.25, 0.3) is 0 Å². The highest BCUT2D eigenvalue weighted by Gasteiger charge is 2.41. The van der Waals surface area contributed by atoms with Crippen molar-refractivity contribution in [1.82, 2.24) is 0 Å². The molecule has 2 atom stereocenters. The Bertz CT molecular complexity index is 472. The molecule has 0 heterocycles. The van der Waals surface area contributed by atoms with E-state index in [0.717, 1.165) is 18.4 Å². The summed E-state index contributed by atoms with van der Waals surface area (Å²) in [4.78, 5) is 18.8. The quantitative estimate of drug-likeness (QED) is 0.477. The third-order valence-corrected chi connectivity index (χ3v) is 8.30. The first-order chi connectivity index (χ1) is 9.50. The normalized spacial score (nSPS) is 17.2. The van der Waals surface area contributed by atoms with Gasteiger partial charge in [0.15, 0.2) is 0 Å². The van der Waals surface area contributed by atoms with Gasteiger partial charge in [-0.3, -0.25) is 9.13 Å². The molecule has 0 aliphatic heterocycles. The molecule has 0 aromatic carbocycles. The SMILES string of the molecule is CCOP(C)(=O)C(CC=C(C)CCC=C(C)C)P(=O)(O)O. The van der Waals surface area contributed by atoms with Crippen molar-refractivity contribution in [2.75, 3.05) is 13.3 Å². The zero-order chi connectivity index (χ0) is 16.7. The Labute approximate surface area is 128 Å². The van der Waals surface area contributed by atoms with E-state index in [0.29, 0.717) is 0 Å². The minimum absolute atomic E-state index is 0.0682. The van der Waals surface area contributed by atoms with Gasteiger partial charge in [-0.2, -0.15) is 0 Å². The van der Waals surface area contributed by atoms with Crippen molar-refractivity contribution in [2.45, 2.75) is 52.4 Å². The molecule has 124 valence electrons. The first-order valence-electron chi connectivity index (χ1n) is 7.06. The maximum absolute atomic E-state index is 12.3. The zero-order valence-corrected chi connectivity index (χ0v) is 15.4. The number of hydrogen-bond donors (Lipinski definition) is 2. The number of hydrogen-bond acceptors (Lipinski definition) is 3. The van der Waals surface area contributed by atoms with Crippen molar-refractivity contribution in [1.29, 1.82) is 0 Å². The summed E-state index contributed by atoms with van der Waals surface area (Å²) in [7, 11) is -7.81. The third-order valence-electron chi connectivity index (χ3n) is 3.08. The summed E-state index contributed by atoms with van der Waals surface area (Å²) in [5.74, 6) is 0. The maximum atomic E-state index is 12.3. The lowest BCUT2D eigenvalue weighted by Gasteiger charge is -2.24. The van der Waals surface area contributed by atoms with Gasteiger partial charge < -0.3 is 14.3 Å². The Morgan fingerprint density at radius 1 is 1.19 bits per heavy atom. The van der Waals surface area contributed by atoms with Gasteiger partial charge in [-0.05, 0) is 47.0 Å². The Morgan fingerprint density at radius 3 is 2.19 bits per heavy atom. The highest BCUT2D eigenvalue weighted by Crippen LogP contribution is 2.64. The molecule has 0 rings (SSSR count). The summed E-state index contributed by atoms with van der Waals surface area (Å²) < 4.78 is 29.0. The first kappa shape index (κ1) is 20.8. The Morgan fingerprint density at radius 2 is 1.76 bits per heavy atom. The maximum Gasteiger partial charge on any atom is 0.338 e. The van der Waals surface area contributed by atoms with E-state index in [2.05, 4.69) is 6.08 Å². The molecule has 0 amide bonds. The van der Waals surface area contributed by atoms with Gasteiger partial charge in [-0.15, -0.1) is 0 Å². The molecule has 0 aliphatic carbocycles. The van der Waals surface area contributed by atoms with Crippen molar-refractivity contribution < 1.29 is 23.4 Å². The van der Waals surface area contributed by atoms with E-state index in [1.165, 1.54) is 12.2 Å². The minimum atomic E-state index is -4.47. The van der Waals surface area contributed by atoms with Crippen molar-refractivity contribution in [3.05, 3.63) is 23.3 Å². The Hall–Kier alpha value is -0.180. The summed E-state index contributed by atoms with van der Waals surface area (Å²) >= 11 is 0. The summed E-state index contributed by atoms with van der Waals surface area (Å²) in [6, 6.07) is 0. The second kappa shape index (κ2) is 9.07. The van der Waals surface area contributed by atoms with Crippen LogP contribution in [0.25, 0.3) is 0 Å². The lowest BCUT2D eigenvalue weighted by molar-refractivity contribution is 0.323. The average Bonchev–Trinajstić information content (AvgIpc) is 2.25. The predicted molar refractivity (Wildman–Crippen MR) is 88.0 cm³/mol. The number of allylic oxidation sites excluding steroid dienone is 4. The summed E-state index contributed by atoms with van der Waals surface area (Å²) in [5.41, 5.74) is 2.27. The van der Waals surface area contributed by atoms with Gasteiger partial charge in [-0.1, -0.05) is 23.3 Å². The van der Waals surface area contributed by atoms with Crippen molar-refractivity contribution in [3.8, 4) is 0 Å². The summed E-state index contributed by atoms with van der Waals surface area (Å²) in [6.07, 6.45) is 5.65. The molecule has 21 heavy (non-hydrogen) atoms. The molecule has 0 aromatic heterocycles. The molecular formula is C14H28O5P2. The fraction of sp³-hybridized carbons (Fsp3) is 0.714. The summed E-state index contributed by atoms with van der Waals surface area (Å²) in [5, 5.41) is -1.26. The first-order valence-corrected chi connectivity index (χ1v) is 10.9. The van der Waals surface area contributed by atoms with Gasteiger partial charge in [0.05, 0.1) is 6.61 Å².